The number of alkyl halides is 6. The smallest absolute Gasteiger partial charge is 0.416 e. The summed E-state index contributed by atoms with van der Waals surface area (Å²) in [4.78, 5) is 24.6. The molecule has 218 valence electrons. The van der Waals surface area contributed by atoms with Gasteiger partial charge < -0.3 is 15.2 Å². The zero-order valence-corrected chi connectivity index (χ0v) is 20.9. The molecule has 0 amide bonds. The zero-order valence-electron chi connectivity index (χ0n) is 20.9. The Bertz CT molecular complexity index is 1490. The first kappa shape index (κ1) is 30.2. The van der Waals surface area contributed by atoms with E-state index < -0.39 is 53.1 Å². The summed E-state index contributed by atoms with van der Waals surface area (Å²) < 4.78 is 116. The molecule has 13 heteroatoms. The lowest BCUT2D eigenvalue weighted by Crippen LogP contribution is -2.43. The van der Waals surface area contributed by atoms with Gasteiger partial charge in [0, 0.05) is 23.3 Å². The van der Waals surface area contributed by atoms with Crippen LogP contribution < -0.4 is 15.2 Å². The minimum Gasteiger partial charge on any atom is -0.425 e. The SMILES string of the molecule is NC(C(=O)Oc1ccc(-c2ccc(C(F)(F)F)cc2)c(F)c1)C(=O)Oc1ccc(-c2ccc(C(F)(F)F)cc2)c(F)c1. The lowest BCUT2D eigenvalue weighted by molar-refractivity contribution is -0.146. The summed E-state index contributed by atoms with van der Waals surface area (Å²) in [5.41, 5.74) is 3.78. The van der Waals surface area contributed by atoms with Crippen molar-refractivity contribution >= 4 is 11.9 Å². The van der Waals surface area contributed by atoms with Gasteiger partial charge >= 0.3 is 24.3 Å². The third-order valence-corrected chi connectivity index (χ3v) is 5.87. The van der Waals surface area contributed by atoms with E-state index in [4.69, 9.17) is 15.2 Å². The van der Waals surface area contributed by atoms with Gasteiger partial charge in [-0.25, -0.2) is 18.4 Å². The van der Waals surface area contributed by atoms with Crippen molar-refractivity contribution < 1.29 is 54.2 Å². The van der Waals surface area contributed by atoms with Crippen LogP contribution in [0.4, 0.5) is 35.1 Å². The molecule has 0 unspecified atom stereocenters. The molecular weight excluding hydrogens is 578 g/mol. The third kappa shape index (κ3) is 6.92. The minimum atomic E-state index is -4.57. The molecule has 0 spiro atoms. The van der Waals surface area contributed by atoms with Crippen LogP contribution in [0.5, 0.6) is 11.5 Å². The van der Waals surface area contributed by atoms with Gasteiger partial charge in [-0.1, -0.05) is 24.3 Å². The molecule has 0 aliphatic carbocycles. The Morgan fingerprint density at radius 1 is 0.571 bits per heavy atom. The lowest BCUT2D eigenvalue weighted by atomic mass is 10.0. The maximum atomic E-state index is 14.6. The molecule has 4 aromatic carbocycles. The van der Waals surface area contributed by atoms with Gasteiger partial charge in [-0.05, 0) is 59.7 Å². The number of halogens is 8. The van der Waals surface area contributed by atoms with Crippen LogP contribution in [0.25, 0.3) is 22.3 Å². The van der Waals surface area contributed by atoms with Crippen LogP contribution in [0.15, 0.2) is 84.9 Å². The minimum absolute atomic E-state index is 0.0889. The molecular formula is C29H17F8NO4. The van der Waals surface area contributed by atoms with Crippen LogP contribution in [-0.2, 0) is 21.9 Å². The number of hydrogen-bond acceptors (Lipinski definition) is 5. The van der Waals surface area contributed by atoms with Crippen molar-refractivity contribution in [1.82, 2.24) is 0 Å². The van der Waals surface area contributed by atoms with E-state index in [9.17, 15) is 44.7 Å². The molecule has 0 fully saturated rings. The normalized spacial score (nSPS) is 11.9. The summed E-state index contributed by atoms with van der Waals surface area (Å²) >= 11 is 0. The molecule has 0 saturated heterocycles. The largest absolute Gasteiger partial charge is 0.425 e. The zero-order chi connectivity index (χ0) is 30.8. The van der Waals surface area contributed by atoms with Gasteiger partial charge in [0.25, 0.3) is 0 Å². The topological polar surface area (TPSA) is 78.6 Å². The van der Waals surface area contributed by atoms with E-state index >= 15 is 0 Å². The number of carbonyl (C=O) groups excluding carboxylic acids is 2. The van der Waals surface area contributed by atoms with Crippen molar-refractivity contribution in [3.05, 3.63) is 108 Å². The second kappa shape index (κ2) is 11.6. The van der Waals surface area contributed by atoms with Gasteiger partial charge in [-0.2, -0.15) is 26.3 Å². The second-order valence-corrected chi connectivity index (χ2v) is 8.75. The highest BCUT2D eigenvalue weighted by atomic mass is 19.4. The van der Waals surface area contributed by atoms with Gasteiger partial charge in [-0.3, -0.25) is 0 Å². The fourth-order valence-electron chi connectivity index (χ4n) is 3.72. The maximum Gasteiger partial charge on any atom is 0.416 e. The number of benzene rings is 4. The first-order chi connectivity index (χ1) is 19.6. The highest BCUT2D eigenvalue weighted by Crippen LogP contribution is 2.34. The van der Waals surface area contributed by atoms with Gasteiger partial charge in [0.05, 0.1) is 11.1 Å². The molecule has 0 heterocycles. The molecule has 4 aromatic rings. The van der Waals surface area contributed by atoms with Crippen LogP contribution >= 0.6 is 0 Å². The molecule has 0 aromatic heterocycles. The van der Waals surface area contributed by atoms with E-state index in [1.54, 1.807) is 0 Å². The van der Waals surface area contributed by atoms with E-state index in [0.717, 1.165) is 84.9 Å². The first-order valence-corrected chi connectivity index (χ1v) is 11.8. The van der Waals surface area contributed by atoms with Crippen molar-refractivity contribution in [1.29, 1.82) is 0 Å². The van der Waals surface area contributed by atoms with E-state index in [-0.39, 0.29) is 33.8 Å². The molecule has 0 atom stereocenters. The maximum absolute atomic E-state index is 14.6. The summed E-state index contributed by atoms with van der Waals surface area (Å²) in [6.07, 6.45) is -9.13. The Balaban J connectivity index is 1.39. The molecule has 0 saturated carbocycles. The fraction of sp³-hybridized carbons (Fsp3) is 0.103. The summed E-state index contributed by atoms with van der Waals surface area (Å²) in [5, 5.41) is 0. The van der Waals surface area contributed by atoms with Crippen molar-refractivity contribution in [3.63, 3.8) is 0 Å². The predicted octanol–water partition coefficient (Wildman–Crippen LogP) is 7.17. The highest BCUT2D eigenvalue weighted by molar-refractivity contribution is 6.00. The second-order valence-electron chi connectivity index (χ2n) is 8.75. The number of carbonyl (C=O) groups is 2. The molecule has 0 aliphatic heterocycles. The van der Waals surface area contributed by atoms with Gasteiger partial charge in [0.15, 0.2) is 0 Å². The van der Waals surface area contributed by atoms with Crippen molar-refractivity contribution in [2.45, 2.75) is 18.4 Å². The third-order valence-electron chi connectivity index (χ3n) is 5.87. The fourth-order valence-corrected chi connectivity index (χ4v) is 3.72. The van der Waals surface area contributed by atoms with Crippen molar-refractivity contribution in [2.24, 2.45) is 5.73 Å². The predicted molar refractivity (Wildman–Crippen MR) is 133 cm³/mol. The molecule has 42 heavy (non-hydrogen) atoms. The van der Waals surface area contributed by atoms with Crippen LogP contribution in [0.2, 0.25) is 0 Å². The molecule has 4 rings (SSSR count). The number of ether oxygens (including phenoxy) is 2. The lowest BCUT2D eigenvalue weighted by Gasteiger charge is -2.13. The Morgan fingerprint density at radius 3 is 1.19 bits per heavy atom. The van der Waals surface area contributed by atoms with E-state index in [1.165, 1.54) is 0 Å². The van der Waals surface area contributed by atoms with Gasteiger partial charge in [0.2, 0.25) is 6.04 Å². The van der Waals surface area contributed by atoms with E-state index in [0.29, 0.717) is 0 Å². The molecule has 2 N–H and O–H groups in total. The van der Waals surface area contributed by atoms with Gasteiger partial charge in [0.1, 0.15) is 23.1 Å². The van der Waals surface area contributed by atoms with Crippen molar-refractivity contribution in [2.75, 3.05) is 0 Å². The average Bonchev–Trinajstić information content (AvgIpc) is 2.92. The Kier molecular flexibility index (Phi) is 8.34. The van der Waals surface area contributed by atoms with E-state index in [1.807, 2.05) is 0 Å². The van der Waals surface area contributed by atoms with Gasteiger partial charge in [-0.15, -0.1) is 0 Å². The summed E-state index contributed by atoms with van der Waals surface area (Å²) in [6.45, 7) is 0. The molecule has 5 nitrogen and oxygen atoms in total. The quantitative estimate of drug-likeness (QED) is 0.111. The average molecular weight is 595 g/mol. The monoisotopic (exact) mass is 595 g/mol. The summed E-state index contributed by atoms with van der Waals surface area (Å²) in [7, 11) is 0. The number of esters is 2. The standard InChI is InChI=1S/C29H17F8NO4/c30-23-13-19(9-11-21(23)15-1-5-17(6-2-15)28(32,33)34)41-26(39)25(38)27(40)42-20-10-12-22(24(31)14-20)16-3-7-18(8-4-16)29(35,36)37/h1-14,25H,38H2. The van der Waals surface area contributed by atoms with Crippen LogP contribution in [0, 0.1) is 11.6 Å². The molecule has 0 aliphatic rings. The molecule has 0 radical (unpaired) electrons. The van der Waals surface area contributed by atoms with Crippen LogP contribution in [-0.4, -0.2) is 18.0 Å². The Morgan fingerprint density at radius 2 is 0.905 bits per heavy atom. The number of nitrogens with two attached hydrogens (primary N) is 1. The summed E-state index contributed by atoms with van der Waals surface area (Å²) in [5.74, 6) is -5.35. The number of hydrogen-bond donors (Lipinski definition) is 1. The van der Waals surface area contributed by atoms with Crippen LogP contribution in [0.1, 0.15) is 11.1 Å². The van der Waals surface area contributed by atoms with Crippen LogP contribution in [0.3, 0.4) is 0 Å². The Hall–Kier alpha value is -4.78. The van der Waals surface area contributed by atoms with E-state index in [2.05, 4.69) is 0 Å². The van der Waals surface area contributed by atoms with Crippen molar-refractivity contribution in [3.8, 4) is 33.8 Å². The number of rotatable bonds is 6. The first-order valence-electron chi connectivity index (χ1n) is 11.8. The highest BCUT2D eigenvalue weighted by Gasteiger charge is 2.31. The Labute approximate surface area is 232 Å². The molecule has 0 bridgehead atoms. The summed E-state index contributed by atoms with van der Waals surface area (Å²) in [6, 6.07) is 11.4.